The van der Waals surface area contributed by atoms with Crippen molar-refractivity contribution < 1.29 is 9.53 Å². The number of nitrogens with zero attached hydrogens (tertiary/aromatic N) is 2. The fourth-order valence-corrected chi connectivity index (χ4v) is 1.25. The van der Waals surface area contributed by atoms with Crippen LogP contribution in [0.15, 0.2) is 11.0 Å². The van der Waals surface area contributed by atoms with Crippen LogP contribution in [0.3, 0.4) is 0 Å². The lowest BCUT2D eigenvalue weighted by atomic mass is 10.3. The zero-order chi connectivity index (χ0) is 12.4. The van der Waals surface area contributed by atoms with Crippen molar-refractivity contribution in [2.24, 2.45) is 5.92 Å². The first-order valence-electron chi connectivity index (χ1n) is 5.14. The largest absolute Gasteiger partial charge is 0.449 e. The summed E-state index contributed by atoms with van der Waals surface area (Å²) in [5.74, 6) is 2.59. The number of ether oxygens (including phenoxy) is 1. The van der Waals surface area contributed by atoms with E-state index in [1.54, 1.807) is 0 Å². The standard InChI is InChI=1S/C11H11N3O3/c1-2-8-5-14(10(15)13-9(8)12)11(16)17-6-7-3-4-7/h1,5,7H,3-4,6H2,(H2,12,13,15). The highest BCUT2D eigenvalue weighted by Gasteiger charge is 2.23. The van der Waals surface area contributed by atoms with Gasteiger partial charge in [0.1, 0.15) is 5.82 Å². The van der Waals surface area contributed by atoms with Crippen LogP contribution in [-0.4, -0.2) is 22.3 Å². The number of nitrogen functional groups attached to an aromatic ring is 1. The first kappa shape index (κ1) is 11.2. The van der Waals surface area contributed by atoms with Gasteiger partial charge in [-0.15, -0.1) is 6.42 Å². The molecule has 6 nitrogen and oxygen atoms in total. The number of carbonyl (C=O) groups is 1. The first-order chi connectivity index (χ1) is 8.11. The summed E-state index contributed by atoms with van der Waals surface area (Å²) in [5.41, 5.74) is 4.81. The summed E-state index contributed by atoms with van der Waals surface area (Å²) in [6.07, 6.45) is 7.67. The van der Waals surface area contributed by atoms with Gasteiger partial charge in [0.2, 0.25) is 0 Å². The average molecular weight is 233 g/mol. The average Bonchev–Trinajstić information content (AvgIpc) is 3.10. The molecule has 0 amide bonds. The minimum Gasteiger partial charge on any atom is -0.449 e. The third-order valence-electron chi connectivity index (χ3n) is 2.45. The predicted octanol–water partition coefficient (Wildman–Crippen LogP) is 0.202. The number of hydrogen-bond acceptors (Lipinski definition) is 5. The maximum atomic E-state index is 11.6. The number of terminal acetylenes is 1. The predicted molar refractivity (Wildman–Crippen MR) is 60.3 cm³/mol. The van der Waals surface area contributed by atoms with Crippen LogP contribution < -0.4 is 11.4 Å². The molecule has 0 unspecified atom stereocenters. The lowest BCUT2D eigenvalue weighted by molar-refractivity contribution is 0.141. The van der Waals surface area contributed by atoms with Crippen molar-refractivity contribution in [3.05, 3.63) is 22.2 Å². The van der Waals surface area contributed by atoms with E-state index in [4.69, 9.17) is 16.9 Å². The SMILES string of the molecule is C#Cc1cn(C(=O)OCC2CC2)c(=O)nc1N. The van der Waals surface area contributed by atoms with E-state index in [1.807, 2.05) is 0 Å². The first-order valence-corrected chi connectivity index (χ1v) is 5.14. The summed E-state index contributed by atoms with van der Waals surface area (Å²) in [5, 5.41) is 0. The molecule has 0 atom stereocenters. The van der Waals surface area contributed by atoms with Crippen molar-refractivity contribution in [1.29, 1.82) is 0 Å². The number of aromatic nitrogens is 2. The molecule has 2 N–H and O–H groups in total. The summed E-state index contributed by atoms with van der Waals surface area (Å²) in [7, 11) is 0. The Morgan fingerprint density at radius 2 is 2.41 bits per heavy atom. The Bertz CT molecular complexity index is 552. The molecule has 2 rings (SSSR count). The van der Waals surface area contributed by atoms with Crippen LogP contribution in [-0.2, 0) is 4.74 Å². The topological polar surface area (TPSA) is 87.2 Å². The summed E-state index contributed by atoms with van der Waals surface area (Å²) in [6, 6.07) is 0. The molecule has 1 aromatic rings. The molecule has 1 aliphatic carbocycles. The van der Waals surface area contributed by atoms with E-state index in [1.165, 1.54) is 6.20 Å². The van der Waals surface area contributed by atoms with E-state index in [2.05, 4.69) is 10.9 Å². The van der Waals surface area contributed by atoms with Gasteiger partial charge >= 0.3 is 11.8 Å². The van der Waals surface area contributed by atoms with Crippen LogP contribution in [0.2, 0.25) is 0 Å². The van der Waals surface area contributed by atoms with Crippen molar-refractivity contribution in [3.8, 4) is 12.3 Å². The summed E-state index contributed by atoms with van der Waals surface area (Å²) < 4.78 is 5.68. The Labute approximate surface area is 97.4 Å². The molecule has 17 heavy (non-hydrogen) atoms. The molecule has 1 aromatic heterocycles. The lowest BCUT2D eigenvalue weighted by Gasteiger charge is -2.06. The Balaban J connectivity index is 2.21. The van der Waals surface area contributed by atoms with Crippen LogP contribution in [0.25, 0.3) is 0 Å². The van der Waals surface area contributed by atoms with Gasteiger partial charge in [0, 0.05) is 6.20 Å². The minimum absolute atomic E-state index is 0.0660. The summed E-state index contributed by atoms with van der Waals surface area (Å²) in [4.78, 5) is 26.4. The number of anilines is 1. The maximum absolute atomic E-state index is 11.6. The lowest BCUT2D eigenvalue weighted by Crippen LogP contribution is -2.31. The quantitative estimate of drug-likeness (QED) is 0.737. The molecular formula is C11H11N3O3. The molecule has 0 spiro atoms. The fourth-order valence-electron chi connectivity index (χ4n) is 1.25. The molecule has 0 aliphatic heterocycles. The van der Waals surface area contributed by atoms with E-state index in [9.17, 15) is 9.59 Å². The Morgan fingerprint density at radius 1 is 1.71 bits per heavy atom. The van der Waals surface area contributed by atoms with E-state index in [0.717, 1.165) is 17.4 Å². The van der Waals surface area contributed by atoms with Crippen LogP contribution in [0, 0.1) is 18.3 Å². The normalized spacial score (nSPS) is 14.1. The molecule has 6 heteroatoms. The van der Waals surface area contributed by atoms with E-state index < -0.39 is 11.8 Å². The maximum Gasteiger partial charge on any atom is 0.422 e. The van der Waals surface area contributed by atoms with Gasteiger partial charge in [0.05, 0.1) is 12.2 Å². The van der Waals surface area contributed by atoms with Crippen molar-refractivity contribution in [1.82, 2.24) is 9.55 Å². The second-order valence-electron chi connectivity index (χ2n) is 3.86. The molecule has 1 fully saturated rings. The van der Waals surface area contributed by atoms with Crippen LogP contribution in [0.5, 0.6) is 0 Å². The number of nitrogens with two attached hydrogens (primary N) is 1. The number of hydrogen-bond donors (Lipinski definition) is 1. The van der Waals surface area contributed by atoms with Crippen LogP contribution in [0.4, 0.5) is 10.6 Å². The van der Waals surface area contributed by atoms with Crippen molar-refractivity contribution in [3.63, 3.8) is 0 Å². The van der Waals surface area contributed by atoms with Gasteiger partial charge in [-0.2, -0.15) is 4.98 Å². The molecule has 0 aromatic carbocycles. The summed E-state index contributed by atoms with van der Waals surface area (Å²) >= 11 is 0. The highest BCUT2D eigenvalue weighted by molar-refractivity contribution is 5.71. The highest BCUT2D eigenvalue weighted by Crippen LogP contribution is 2.28. The summed E-state index contributed by atoms with van der Waals surface area (Å²) in [6.45, 7) is 0.320. The van der Waals surface area contributed by atoms with Crippen LogP contribution >= 0.6 is 0 Å². The monoisotopic (exact) mass is 233 g/mol. The molecule has 1 aliphatic rings. The molecule has 88 valence electrons. The third kappa shape index (κ3) is 2.45. The van der Waals surface area contributed by atoms with E-state index in [-0.39, 0.29) is 11.4 Å². The zero-order valence-corrected chi connectivity index (χ0v) is 9.05. The second kappa shape index (κ2) is 4.29. The number of carbonyl (C=O) groups excluding carboxylic acids is 1. The second-order valence-corrected chi connectivity index (χ2v) is 3.86. The van der Waals surface area contributed by atoms with E-state index in [0.29, 0.717) is 12.5 Å². The van der Waals surface area contributed by atoms with Gasteiger partial charge in [-0.05, 0) is 18.8 Å². The molecule has 0 saturated heterocycles. The van der Waals surface area contributed by atoms with Gasteiger partial charge < -0.3 is 10.5 Å². The van der Waals surface area contributed by atoms with Gasteiger partial charge in [-0.25, -0.2) is 14.2 Å². The van der Waals surface area contributed by atoms with Crippen LogP contribution in [0.1, 0.15) is 18.4 Å². The number of rotatable bonds is 2. The van der Waals surface area contributed by atoms with Crippen molar-refractivity contribution in [2.45, 2.75) is 12.8 Å². The molecule has 1 saturated carbocycles. The Kier molecular flexibility index (Phi) is 2.83. The molecule has 0 bridgehead atoms. The smallest absolute Gasteiger partial charge is 0.422 e. The minimum atomic E-state index is -0.790. The highest BCUT2D eigenvalue weighted by atomic mass is 16.5. The van der Waals surface area contributed by atoms with E-state index >= 15 is 0 Å². The zero-order valence-electron chi connectivity index (χ0n) is 9.05. The Morgan fingerprint density at radius 3 is 3.00 bits per heavy atom. The Hall–Kier alpha value is -2.29. The van der Waals surface area contributed by atoms with Crippen molar-refractivity contribution in [2.75, 3.05) is 12.3 Å². The molecular weight excluding hydrogens is 222 g/mol. The fraction of sp³-hybridized carbons (Fsp3) is 0.364. The van der Waals surface area contributed by atoms with Gasteiger partial charge in [-0.3, -0.25) is 0 Å². The van der Waals surface area contributed by atoms with Gasteiger partial charge in [0.15, 0.2) is 0 Å². The molecule has 0 radical (unpaired) electrons. The van der Waals surface area contributed by atoms with Gasteiger partial charge in [-0.1, -0.05) is 5.92 Å². The van der Waals surface area contributed by atoms with Gasteiger partial charge in [0.25, 0.3) is 0 Å². The third-order valence-corrected chi connectivity index (χ3v) is 2.45. The van der Waals surface area contributed by atoms with Crippen molar-refractivity contribution >= 4 is 11.9 Å². The molecule has 1 heterocycles.